The number of nitrogens with one attached hydrogen (secondary N) is 1. The van der Waals surface area contributed by atoms with Crippen molar-refractivity contribution in [3.63, 3.8) is 0 Å². The van der Waals surface area contributed by atoms with Crippen molar-refractivity contribution in [3.8, 4) is 11.5 Å². The van der Waals surface area contributed by atoms with E-state index in [9.17, 15) is 4.39 Å². The molecule has 6 heteroatoms. The van der Waals surface area contributed by atoms with Gasteiger partial charge in [-0.3, -0.25) is 4.98 Å². The van der Waals surface area contributed by atoms with Crippen LogP contribution in [0.1, 0.15) is 16.7 Å². The molecule has 0 spiro atoms. The Morgan fingerprint density at radius 2 is 1.67 bits per heavy atom. The van der Waals surface area contributed by atoms with Crippen molar-refractivity contribution < 1.29 is 13.9 Å². The molecule has 4 nitrogen and oxygen atoms in total. The molecule has 0 aliphatic carbocycles. The summed E-state index contributed by atoms with van der Waals surface area (Å²) in [4.78, 5) is 4.01. The summed E-state index contributed by atoms with van der Waals surface area (Å²) in [5.41, 5.74) is 2.77. The van der Waals surface area contributed by atoms with Gasteiger partial charge >= 0.3 is 0 Å². The Kier molecular flexibility index (Phi) is 8.04. The highest BCUT2D eigenvalue weighted by Gasteiger charge is 2.08. The van der Waals surface area contributed by atoms with Crippen LogP contribution in [0.4, 0.5) is 4.39 Å². The highest BCUT2D eigenvalue weighted by atomic mass is 35.5. The molecule has 0 radical (unpaired) electrons. The molecule has 0 saturated carbocycles. The largest absolute Gasteiger partial charge is 0.493 e. The van der Waals surface area contributed by atoms with E-state index in [1.165, 1.54) is 11.6 Å². The third kappa shape index (κ3) is 5.94. The lowest BCUT2D eigenvalue weighted by Gasteiger charge is -2.13. The Morgan fingerprint density at radius 1 is 0.926 bits per heavy atom. The number of benzene rings is 2. The SMILES string of the molecule is COc1cc(CNCc2ccncc2)ccc1OCc1ccccc1F.Cl. The first-order valence-corrected chi connectivity index (χ1v) is 8.39. The fourth-order valence-electron chi connectivity index (χ4n) is 2.56. The van der Waals surface area contributed by atoms with Gasteiger partial charge in [0.2, 0.25) is 0 Å². The van der Waals surface area contributed by atoms with E-state index in [1.807, 2.05) is 30.3 Å². The van der Waals surface area contributed by atoms with Crippen LogP contribution >= 0.6 is 12.4 Å². The van der Waals surface area contributed by atoms with Crippen molar-refractivity contribution in [2.45, 2.75) is 19.7 Å². The zero-order chi connectivity index (χ0) is 18.2. The third-order valence-corrected chi connectivity index (χ3v) is 3.98. The lowest BCUT2D eigenvalue weighted by molar-refractivity contribution is 0.279. The maximum Gasteiger partial charge on any atom is 0.161 e. The van der Waals surface area contributed by atoms with Crippen molar-refractivity contribution in [3.05, 3.63) is 89.5 Å². The molecule has 0 unspecified atom stereocenters. The second kappa shape index (κ2) is 10.5. The summed E-state index contributed by atoms with van der Waals surface area (Å²) in [6.45, 7) is 1.62. The predicted molar refractivity (Wildman–Crippen MR) is 106 cm³/mol. The first kappa shape index (κ1) is 20.7. The third-order valence-electron chi connectivity index (χ3n) is 3.98. The van der Waals surface area contributed by atoms with Gasteiger partial charge in [-0.05, 0) is 41.5 Å². The van der Waals surface area contributed by atoms with Crippen molar-refractivity contribution in [2.24, 2.45) is 0 Å². The summed E-state index contributed by atoms with van der Waals surface area (Å²) in [5.74, 6) is 0.946. The molecule has 1 aromatic heterocycles. The van der Waals surface area contributed by atoms with Gasteiger partial charge in [-0.1, -0.05) is 24.3 Å². The van der Waals surface area contributed by atoms with Crippen LogP contribution in [0.25, 0.3) is 0 Å². The molecule has 0 aliphatic rings. The molecule has 1 N–H and O–H groups in total. The Bertz CT molecular complexity index is 847. The number of aromatic nitrogens is 1. The van der Waals surface area contributed by atoms with Gasteiger partial charge in [-0.15, -0.1) is 12.4 Å². The first-order chi connectivity index (χ1) is 12.8. The molecule has 0 fully saturated rings. The molecular weight excluding hydrogens is 367 g/mol. The quantitative estimate of drug-likeness (QED) is 0.616. The predicted octanol–water partition coefficient (Wildman–Crippen LogP) is 4.52. The molecule has 27 heavy (non-hydrogen) atoms. The van der Waals surface area contributed by atoms with Gasteiger partial charge in [-0.2, -0.15) is 0 Å². The highest BCUT2D eigenvalue weighted by molar-refractivity contribution is 5.85. The minimum absolute atomic E-state index is 0. The van der Waals surface area contributed by atoms with Gasteiger partial charge in [0.05, 0.1) is 7.11 Å². The van der Waals surface area contributed by atoms with Crippen LogP contribution in [-0.4, -0.2) is 12.1 Å². The number of ether oxygens (including phenoxy) is 2. The minimum atomic E-state index is -0.275. The van der Waals surface area contributed by atoms with E-state index in [1.54, 1.807) is 37.7 Å². The molecule has 2 aromatic carbocycles. The van der Waals surface area contributed by atoms with E-state index in [2.05, 4.69) is 10.3 Å². The molecule has 142 valence electrons. The second-order valence-electron chi connectivity index (χ2n) is 5.82. The first-order valence-electron chi connectivity index (χ1n) is 8.39. The number of halogens is 2. The van der Waals surface area contributed by atoms with E-state index < -0.39 is 0 Å². The van der Waals surface area contributed by atoms with E-state index in [4.69, 9.17) is 9.47 Å². The summed E-state index contributed by atoms with van der Waals surface area (Å²) in [7, 11) is 1.60. The van der Waals surface area contributed by atoms with Gasteiger partial charge in [0, 0.05) is 31.0 Å². The number of methoxy groups -OCH3 is 1. The maximum absolute atomic E-state index is 13.7. The van der Waals surface area contributed by atoms with Gasteiger partial charge in [-0.25, -0.2) is 4.39 Å². The van der Waals surface area contributed by atoms with Crippen LogP contribution in [0, 0.1) is 5.82 Å². The summed E-state index contributed by atoms with van der Waals surface area (Å²) in [6, 6.07) is 16.3. The summed E-state index contributed by atoms with van der Waals surface area (Å²) in [5, 5.41) is 3.38. The molecule has 0 saturated heterocycles. The van der Waals surface area contributed by atoms with Crippen LogP contribution < -0.4 is 14.8 Å². The molecule has 0 amide bonds. The average molecular weight is 389 g/mol. The van der Waals surface area contributed by atoms with E-state index >= 15 is 0 Å². The standard InChI is InChI=1S/C21H21FN2O2.ClH/c1-25-21-12-17(14-24-13-16-8-10-23-11-9-16)6-7-20(21)26-15-18-4-2-3-5-19(18)22;/h2-12,24H,13-15H2,1H3;1H. The summed E-state index contributed by atoms with van der Waals surface area (Å²) in [6.07, 6.45) is 3.56. The summed E-state index contributed by atoms with van der Waals surface area (Å²) >= 11 is 0. The minimum Gasteiger partial charge on any atom is -0.493 e. The number of hydrogen-bond acceptors (Lipinski definition) is 4. The average Bonchev–Trinajstić information content (AvgIpc) is 2.68. The van der Waals surface area contributed by atoms with Gasteiger partial charge in [0.15, 0.2) is 11.5 Å². The van der Waals surface area contributed by atoms with Crippen LogP contribution in [0.5, 0.6) is 11.5 Å². The van der Waals surface area contributed by atoms with E-state index in [0.717, 1.165) is 12.1 Å². The van der Waals surface area contributed by atoms with Crippen LogP contribution in [-0.2, 0) is 19.7 Å². The number of hydrogen-bond donors (Lipinski definition) is 1. The van der Waals surface area contributed by atoms with Crippen LogP contribution in [0.3, 0.4) is 0 Å². The van der Waals surface area contributed by atoms with Crippen molar-refractivity contribution in [2.75, 3.05) is 7.11 Å². The zero-order valence-corrected chi connectivity index (χ0v) is 15.8. The Morgan fingerprint density at radius 3 is 2.41 bits per heavy atom. The molecule has 3 rings (SSSR count). The number of rotatable bonds is 8. The molecule has 0 bridgehead atoms. The van der Waals surface area contributed by atoms with Crippen molar-refractivity contribution in [1.82, 2.24) is 10.3 Å². The Labute approximate surface area is 164 Å². The summed E-state index contributed by atoms with van der Waals surface area (Å²) < 4.78 is 24.8. The molecule has 0 aliphatic heterocycles. The van der Waals surface area contributed by atoms with Gasteiger partial charge in [0.25, 0.3) is 0 Å². The fourth-order valence-corrected chi connectivity index (χ4v) is 2.56. The zero-order valence-electron chi connectivity index (χ0n) is 15.0. The van der Waals surface area contributed by atoms with E-state index in [-0.39, 0.29) is 24.8 Å². The van der Waals surface area contributed by atoms with Crippen molar-refractivity contribution in [1.29, 1.82) is 0 Å². The molecular formula is C21H22ClFN2O2. The lowest BCUT2D eigenvalue weighted by Crippen LogP contribution is -2.12. The normalized spacial score (nSPS) is 10.1. The van der Waals surface area contributed by atoms with Gasteiger partial charge < -0.3 is 14.8 Å². The monoisotopic (exact) mass is 388 g/mol. The van der Waals surface area contributed by atoms with Crippen LogP contribution in [0.15, 0.2) is 67.0 Å². The Balaban J connectivity index is 0.00000261. The molecule has 3 aromatic rings. The van der Waals surface area contributed by atoms with E-state index in [0.29, 0.717) is 23.6 Å². The highest BCUT2D eigenvalue weighted by Crippen LogP contribution is 2.29. The topological polar surface area (TPSA) is 43.4 Å². The molecule has 1 heterocycles. The van der Waals surface area contributed by atoms with Crippen LogP contribution in [0.2, 0.25) is 0 Å². The number of pyridine rings is 1. The van der Waals surface area contributed by atoms with Gasteiger partial charge in [0.1, 0.15) is 12.4 Å². The fraction of sp³-hybridized carbons (Fsp3) is 0.190. The smallest absolute Gasteiger partial charge is 0.161 e. The van der Waals surface area contributed by atoms with Crippen molar-refractivity contribution >= 4 is 12.4 Å². The maximum atomic E-state index is 13.7. The second-order valence-corrected chi connectivity index (χ2v) is 5.82. The number of nitrogens with zero attached hydrogens (tertiary/aromatic N) is 1. The lowest BCUT2D eigenvalue weighted by atomic mass is 10.2. The molecule has 0 atom stereocenters. The Hall–Kier alpha value is -2.63.